The van der Waals surface area contributed by atoms with Crippen molar-refractivity contribution in [2.24, 2.45) is 16.7 Å². The summed E-state index contributed by atoms with van der Waals surface area (Å²) in [6.07, 6.45) is 5.91. The molecule has 0 radical (unpaired) electrons. The Labute approximate surface area is 374 Å². The van der Waals surface area contributed by atoms with Crippen LogP contribution in [0.2, 0.25) is 0 Å². The van der Waals surface area contributed by atoms with Crippen molar-refractivity contribution in [2.45, 2.75) is 97.8 Å². The van der Waals surface area contributed by atoms with Crippen molar-refractivity contribution >= 4 is 34.8 Å². The summed E-state index contributed by atoms with van der Waals surface area (Å²) < 4.78 is 9.64. The van der Waals surface area contributed by atoms with Crippen molar-refractivity contribution in [3.8, 4) is 39.7 Å². The van der Waals surface area contributed by atoms with E-state index in [-0.39, 0.29) is 42.2 Å². The molecule has 0 unspecified atom stereocenters. The van der Waals surface area contributed by atoms with Crippen LogP contribution in [-0.2, 0) is 19.1 Å². The average Bonchev–Trinajstić information content (AvgIpc) is 3.61. The number of methoxy groups -OCH3 is 2. The lowest BCUT2D eigenvalue weighted by Crippen LogP contribution is -2.55. The molecule has 15 nitrogen and oxygen atoms in total. The SMILES string of the molecule is CC[C@@H](c1ncc(-c2ccc(-c3ccc4cc(-c5cnc([C@@H]6CC7(CC7)CN6C(=O)[C@@H](NC(=O)OC)C(C)C)[nH]5)ccc4c3)cc2)[nH]1)N(CCC#N)C(=O)[C@@H](NC(=O)OC)C(C)(C)C. The summed E-state index contributed by atoms with van der Waals surface area (Å²) in [5.41, 5.74) is 5.16. The highest BCUT2D eigenvalue weighted by Gasteiger charge is 2.55. The molecule has 4 atom stereocenters. The average molecular weight is 870 g/mol. The fourth-order valence-corrected chi connectivity index (χ4v) is 8.83. The van der Waals surface area contributed by atoms with Gasteiger partial charge in [-0.05, 0) is 82.0 Å². The third-order valence-electron chi connectivity index (χ3n) is 12.7. The van der Waals surface area contributed by atoms with E-state index in [2.05, 4.69) is 75.2 Å². The van der Waals surface area contributed by atoms with Gasteiger partial charge in [0, 0.05) is 18.7 Å². The molecule has 2 fully saturated rings. The van der Waals surface area contributed by atoms with Crippen molar-refractivity contribution in [3.05, 3.63) is 84.7 Å². The predicted molar refractivity (Wildman–Crippen MR) is 243 cm³/mol. The number of hydrogen-bond acceptors (Lipinski definition) is 9. The Hall–Kier alpha value is -6.69. The van der Waals surface area contributed by atoms with Gasteiger partial charge in [-0.15, -0.1) is 0 Å². The molecule has 1 saturated carbocycles. The monoisotopic (exact) mass is 869 g/mol. The summed E-state index contributed by atoms with van der Waals surface area (Å²) in [5, 5.41) is 17.1. The molecule has 4 amide bonds. The van der Waals surface area contributed by atoms with Crippen LogP contribution in [0.1, 0.15) is 97.4 Å². The zero-order valence-electron chi connectivity index (χ0n) is 38.0. The van der Waals surface area contributed by atoms with E-state index in [0.29, 0.717) is 18.8 Å². The first kappa shape index (κ1) is 45.3. The van der Waals surface area contributed by atoms with Gasteiger partial charge < -0.3 is 39.9 Å². The van der Waals surface area contributed by atoms with Gasteiger partial charge in [0.1, 0.15) is 23.7 Å². The number of fused-ring (bicyclic) bond motifs is 1. The number of carbonyl (C=O) groups excluding carboxylic acids is 4. The Morgan fingerprint density at radius 3 is 2.08 bits per heavy atom. The quantitative estimate of drug-likeness (QED) is 0.0843. The lowest BCUT2D eigenvalue weighted by Gasteiger charge is -2.37. The summed E-state index contributed by atoms with van der Waals surface area (Å²) in [5.74, 6) is 0.786. The summed E-state index contributed by atoms with van der Waals surface area (Å²) >= 11 is 0. The van der Waals surface area contributed by atoms with E-state index >= 15 is 0 Å². The number of nitrogens with zero attached hydrogens (tertiary/aromatic N) is 5. The minimum Gasteiger partial charge on any atom is -0.453 e. The number of carbonyl (C=O) groups is 4. The van der Waals surface area contributed by atoms with Crippen LogP contribution in [0.3, 0.4) is 0 Å². The fourth-order valence-electron chi connectivity index (χ4n) is 8.83. The van der Waals surface area contributed by atoms with Crippen LogP contribution in [-0.4, -0.2) is 93.1 Å². The van der Waals surface area contributed by atoms with Gasteiger partial charge >= 0.3 is 12.2 Å². The molecule has 3 heterocycles. The number of imidazole rings is 2. The third kappa shape index (κ3) is 9.61. The molecular formula is C49H59N9O6. The number of aromatic amines is 2. The number of alkyl carbamates (subject to hydrolysis) is 2. The highest BCUT2D eigenvalue weighted by atomic mass is 16.5. The van der Waals surface area contributed by atoms with Crippen molar-refractivity contribution < 1.29 is 28.7 Å². The van der Waals surface area contributed by atoms with E-state index in [9.17, 15) is 24.4 Å². The van der Waals surface area contributed by atoms with Gasteiger partial charge in [0.05, 0.1) is 62.6 Å². The molecule has 64 heavy (non-hydrogen) atoms. The molecule has 7 rings (SSSR count). The Morgan fingerprint density at radius 1 is 0.875 bits per heavy atom. The molecule has 1 aliphatic heterocycles. The lowest BCUT2D eigenvalue weighted by molar-refractivity contribution is -0.139. The van der Waals surface area contributed by atoms with Gasteiger partial charge in [-0.1, -0.05) is 90.1 Å². The van der Waals surface area contributed by atoms with Gasteiger partial charge in [0.25, 0.3) is 0 Å². The largest absolute Gasteiger partial charge is 0.453 e. The molecule has 2 aromatic heterocycles. The van der Waals surface area contributed by atoms with Crippen molar-refractivity contribution in [3.63, 3.8) is 0 Å². The molecule has 2 aliphatic rings. The number of H-pyrrole nitrogens is 2. The fraction of sp³-hybridized carbons (Fsp3) is 0.449. The molecule has 4 N–H and O–H groups in total. The second-order valence-corrected chi connectivity index (χ2v) is 18.6. The van der Waals surface area contributed by atoms with Crippen LogP contribution >= 0.6 is 0 Å². The minimum absolute atomic E-state index is 0.108. The van der Waals surface area contributed by atoms with E-state index in [1.54, 1.807) is 11.1 Å². The standard InChI is InChI=1S/C49H59N9O6/c1-9-38(57(22-10-21-50)45(60)41(48(4,5)6)56-47(62)64-8)42-51-26-36(53-42)31-13-11-30(12-14-31)32-15-16-34-24-35(18-17-33(34)23-32)37-27-52-43(54-37)39-25-49(19-20-49)28-58(39)44(59)40(29(2)3)55-46(61)63-7/h11-18,23-24,26-27,29,38-41H,9-10,19-20,22,25,28H2,1-8H3,(H,51,53)(H,52,54)(H,55,61)(H,56,62)/t38-,39-,40-,41+/m0/s1. The predicted octanol–water partition coefficient (Wildman–Crippen LogP) is 8.69. The Balaban J connectivity index is 1.06. The number of nitrogens with one attached hydrogen (secondary N) is 4. The van der Waals surface area contributed by atoms with Gasteiger partial charge in [-0.2, -0.15) is 5.26 Å². The number of aromatic nitrogens is 4. The lowest BCUT2D eigenvalue weighted by atomic mass is 9.85. The van der Waals surface area contributed by atoms with Crippen LogP contribution in [0.25, 0.3) is 44.4 Å². The third-order valence-corrected chi connectivity index (χ3v) is 12.7. The molecule has 1 spiro atoms. The second-order valence-electron chi connectivity index (χ2n) is 18.6. The topological polar surface area (TPSA) is 198 Å². The molecule has 0 bridgehead atoms. The molecule has 1 saturated heterocycles. The van der Waals surface area contributed by atoms with Gasteiger partial charge in [-0.25, -0.2) is 19.6 Å². The number of benzene rings is 3. The summed E-state index contributed by atoms with van der Waals surface area (Å²) in [6, 6.07) is 20.8. The number of rotatable bonds is 14. The summed E-state index contributed by atoms with van der Waals surface area (Å²) in [6.45, 7) is 12.2. The zero-order chi connectivity index (χ0) is 45.9. The van der Waals surface area contributed by atoms with Crippen LogP contribution in [0.5, 0.6) is 0 Å². The maximum atomic E-state index is 14.1. The van der Waals surface area contributed by atoms with Gasteiger partial charge in [0.15, 0.2) is 0 Å². The Kier molecular flexibility index (Phi) is 13.2. The molecule has 336 valence electrons. The first-order valence-electron chi connectivity index (χ1n) is 22.0. The number of ether oxygens (including phenoxy) is 2. The zero-order valence-corrected chi connectivity index (χ0v) is 38.0. The normalized spacial score (nSPS) is 16.8. The van der Waals surface area contributed by atoms with Gasteiger partial charge in [0.2, 0.25) is 11.8 Å². The van der Waals surface area contributed by atoms with Crippen molar-refractivity contribution in [1.82, 2.24) is 40.4 Å². The molecule has 3 aromatic carbocycles. The maximum absolute atomic E-state index is 14.1. The van der Waals surface area contributed by atoms with E-state index in [4.69, 9.17) is 19.4 Å². The molecule has 5 aromatic rings. The summed E-state index contributed by atoms with van der Waals surface area (Å²) in [7, 11) is 2.56. The first-order chi connectivity index (χ1) is 30.6. The van der Waals surface area contributed by atoms with Crippen molar-refractivity contribution in [1.29, 1.82) is 5.26 Å². The number of nitriles is 1. The molecule has 1 aliphatic carbocycles. The van der Waals surface area contributed by atoms with Crippen LogP contribution < -0.4 is 10.6 Å². The summed E-state index contributed by atoms with van der Waals surface area (Å²) in [4.78, 5) is 72.4. The van der Waals surface area contributed by atoms with E-state index < -0.39 is 35.7 Å². The van der Waals surface area contributed by atoms with Crippen molar-refractivity contribution in [2.75, 3.05) is 27.3 Å². The van der Waals surface area contributed by atoms with E-state index in [0.717, 1.165) is 69.5 Å². The highest BCUT2D eigenvalue weighted by molar-refractivity contribution is 5.91. The second kappa shape index (κ2) is 18.6. The first-order valence-corrected chi connectivity index (χ1v) is 22.0. The smallest absolute Gasteiger partial charge is 0.407 e. The number of likely N-dealkylation sites (tertiary alicyclic amines) is 1. The Morgan fingerprint density at radius 2 is 1.47 bits per heavy atom. The Bertz CT molecular complexity index is 2540. The number of amides is 4. The maximum Gasteiger partial charge on any atom is 0.407 e. The van der Waals surface area contributed by atoms with E-state index in [1.807, 2.05) is 64.8 Å². The van der Waals surface area contributed by atoms with E-state index in [1.165, 1.54) is 14.2 Å². The molecular weight excluding hydrogens is 811 g/mol. The van der Waals surface area contributed by atoms with Gasteiger partial charge in [-0.3, -0.25) is 9.59 Å². The van der Waals surface area contributed by atoms with Crippen LogP contribution in [0.15, 0.2) is 73.1 Å². The number of hydrogen-bond donors (Lipinski definition) is 4. The van der Waals surface area contributed by atoms with Crippen LogP contribution in [0, 0.1) is 28.1 Å². The molecule has 15 heteroatoms. The highest BCUT2D eigenvalue weighted by Crippen LogP contribution is 2.58. The minimum atomic E-state index is -0.886. The van der Waals surface area contributed by atoms with Crippen LogP contribution in [0.4, 0.5) is 9.59 Å².